The molecule has 0 saturated carbocycles. The van der Waals surface area contributed by atoms with Crippen LogP contribution < -0.4 is 9.80 Å². The minimum Gasteiger partial charge on any atom is -0.300 e. The summed E-state index contributed by atoms with van der Waals surface area (Å²) in [7, 11) is 0. The topological polar surface area (TPSA) is 64.6 Å². The third kappa shape index (κ3) is 2.73. The van der Waals surface area contributed by atoms with E-state index in [0.717, 1.165) is 10.8 Å². The zero-order valence-corrected chi connectivity index (χ0v) is 14.8. The fraction of sp³-hybridized carbons (Fsp3) is 0.100. The van der Waals surface area contributed by atoms with E-state index in [0.29, 0.717) is 16.4 Å². The first-order valence-electron chi connectivity index (χ1n) is 8.14. The van der Waals surface area contributed by atoms with Crippen LogP contribution in [0.15, 0.2) is 54.9 Å². The number of hydrogen-bond donors (Lipinski definition) is 0. The second kappa shape index (κ2) is 6.60. The van der Waals surface area contributed by atoms with E-state index in [9.17, 15) is 10.1 Å². The largest absolute Gasteiger partial charge is 0.329 e. The van der Waals surface area contributed by atoms with Crippen LogP contribution in [0, 0.1) is 17.9 Å². The molecule has 6 nitrogen and oxygen atoms in total. The smallest absolute Gasteiger partial charge is 0.300 e. The van der Waals surface area contributed by atoms with E-state index < -0.39 is 6.04 Å². The van der Waals surface area contributed by atoms with Crippen LogP contribution in [-0.4, -0.2) is 23.6 Å². The lowest BCUT2D eigenvalue weighted by atomic mass is 10.1. The predicted octanol–water partition coefficient (Wildman–Crippen LogP) is 4.78. The molecular formula is C20H12ClN5O. The number of anilines is 2. The number of pyridine rings is 1. The van der Waals surface area contributed by atoms with Gasteiger partial charge in [-0.05, 0) is 18.2 Å². The molecule has 1 aliphatic rings. The second-order valence-electron chi connectivity index (χ2n) is 6.03. The van der Waals surface area contributed by atoms with Gasteiger partial charge in [0.25, 0.3) is 0 Å². The summed E-state index contributed by atoms with van der Waals surface area (Å²) in [5.41, 5.74) is 1.28. The molecule has 2 heterocycles. The molecule has 0 aliphatic carbocycles. The summed E-state index contributed by atoms with van der Waals surface area (Å²) in [4.78, 5) is 23.8. The van der Waals surface area contributed by atoms with Crippen LogP contribution >= 0.6 is 11.6 Å². The van der Waals surface area contributed by atoms with Crippen molar-refractivity contribution in [3.05, 3.63) is 71.3 Å². The number of nitriles is 1. The van der Waals surface area contributed by atoms with Gasteiger partial charge in [-0.1, -0.05) is 35.9 Å². The van der Waals surface area contributed by atoms with Gasteiger partial charge in [-0.3, -0.25) is 9.88 Å². The molecule has 1 aromatic heterocycles. The summed E-state index contributed by atoms with van der Waals surface area (Å²) in [5.74, 6) is 0. The van der Waals surface area contributed by atoms with E-state index in [1.165, 1.54) is 15.9 Å². The maximum Gasteiger partial charge on any atom is 0.329 e. The first kappa shape index (κ1) is 16.8. The van der Waals surface area contributed by atoms with Crippen LogP contribution in [-0.2, 0) is 0 Å². The number of aromatic nitrogens is 1. The molecule has 1 saturated heterocycles. The Hall–Kier alpha value is -3.61. The van der Waals surface area contributed by atoms with Gasteiger partial charge in [0.1, 0.15) is 6.04 Å². The normalized spacial score (nSPS) is 16.4. The maximum atomic E-state index is 13.2. The molecule has 0 unspecified atom stereocenters. The van der Waals surface area contributed by atoms with Crippen LogP contribution in [0.4, 0.5) is 21.9 Å². The highest BCUT2D eigenvalue weighted by molar-refractivity contribution is 6.31. The average molecular weight is 374 g/mol. The number of rotatable bonds is 2. The number of nitrogens with zero attached hydrogens (tertiary/aromatic N) is 5. The predicted molar refractivity (Wildman–Crippen MR) is 104 cm³/mol. The molecule has 1 atom stereocenters. The van der Waals surface area contributed by atoms with E-state index >= 15 is 0 Å². The fourth-order valence-corrected chi connectivity index (χ4v) is 3.44. The Bertz CT molecular complexity index is 1140. The number of benzene rings is 2. The lowest BCUT2D eigenvalue weighted by Crippen LogP contribution is -2.34. The fourth-order valence-electron chi connectivity index (χ4n) is 3.27. The first-order chi connectivity index (χ1) is 13.1. The summed E-state index contributed by atoms with van der Waals surface area (Å²) in [6.45, 7) is 7.52. The molecule has 3 aromatic rings. The molecule has 130 valence electrons. The Kier molecular flexibility index (Phi) is 4.12. The van der Waals surface area contributed by atoms with Gasteiger partial charge in [-0.25, -0.2) is 9.64 Å². The van der Waals surface area contributed by atoms with Crippen molar-refractivity contribution in [3.63, 3.8) is 0 Å². The Morgan fingerprint density at radius 2 is 2.04 bits per heavy atom. The van der Waals surface area contributed by atoms with Crippen molar-refractivity contribution in [1.29, 1.82) is 5.26 Å². The number of hydrogen-bond acceptors (Lipinski definition) is 3. The van der Waals surface area contributed by atoms with E-state index in [1.807, 2.05) is 24.3 Å². The molecule has 2 amide bonds. The zero-order valence-electron chi connectivity index (χ0n) is 14.0. The number of carbonyl (C=O) groups excluding carboxylic acids is 1. The number of amides is 2. The first-order valence-corrected chi connectivity index (χ1v) is 8.52. The molecule has 0 spiro atoms. The average Bonchev–Trinajstić information content (AvgIpc) is 3.03. The van der Waals surface area contributed by atoms with E-state index in [4.69, 9.17) is 18.2 Å². The zero-order chi connectivity index (χ0) is 19.0. The highest BCUT2D eigenvalue weighted by Gasteiger charge is 2.40. The van der Waals surface area contributed by atoms with Crippen molar-refractivity contribution in [3.8, 4) is 6.07 Å². The third-order valence-corrected chi connectivity index (χ3v) is 4.74. The summed E-state index contributed by atoms with van der Waals surface area (Å²) in [6.07, 6.45) is 3.31. The monoisotopic (exact) mass is 373 g/mol. The molecule has 0 N–H and O–H groups in total. The summed E-state index contributed by atoms with van der Waals surface area (Å²) >= 11 is 5.97. The van der Waals surface area contributed by atoms with Crippen molar-refractivity contribution >= 4 is 45.5 Å². The van der Waals surface area contributed by atoms with Crippen LogP contribution in [0.25, 0.3) is 15.6 Å². The number of halogens is 1. The van der Waals surface area contributed by atoms with Crippen LogP contribution in [0.3, 0.4) is 0 Å². The Morgan fingerprint density at radius 1 is 1.22 bits per heavy atom. The molecule has 0 bridgehead atoms. The number of carbonyl (C=O) groups is 1. The van der Waals surface area contributed by atoms with Crippen LogP contribution in [0.5, 0.6) is 0 Å². The molecule has 0 radical (unpaired) electrons. The van der Waals surface area contributed by atoms with Gasteiger partial charge in [-0.2, -0.15) is 5.26 Å². The van der Waals surface area contributed by atoms with Crippen molar-refractivity contribution in [1.82, 2.24) is 4.98 Å². The number of urea groups is 1. The van der Waals surface area contributed by atoms with Crippen molar-refractivity contribution < 1.29 is 4.79 Å². The van der Waals surface area contributed by atoms with Crippen molar-refractivity contribution in [2.24, 2.45) is 0 Å². The SMILES string of the molecule is [C-]#[N+]c1cc(Cl)ccc1N1C[C@@H](C#N)N(c2cncc3ccccc23)C1=O. The van der Waals surface area contributed by atoms with Gasteiger partial charge in [0.15, 0.2) is 0 Å². The van der Waals surface area contributed by atoms with E-state index in [-0.39, 0.29) is 18.3 Å². The Labute approximate surface area is 160 Å². The quantitative estimate of drug-likeness (QED) is 0.607. The Morgan fingerprint density at radius 3 is 2.81 bits per heavy atom. The van der Waals surface area contributed by atoms with Gasteiger partial charge in [-0.15, -0.1) is 0 Å². The molecule has 27 heavy (non-hydrogen) atoms. The number of fused-ring (bicyclic) bond motifs is 1. The molecule has 7 heteroatoms. The van der Waals surface area contributed by atoms with Gasteiger partial charge >= 0.3 is 6.03 Å². The van der Waals surface area contributed by atoms with Crippen LogP contribution in [0.2, 0.25) is 5.02 Å². The minimum atomic E-state index is -0.695. The van der Waals surface area contributed by atoms with E-state index in [2.05, 4.69) is 15.9 Å². The molecule has 2 aromatic carbocycles. The van der Waals surface area contributed by atoms with Crippen molar-refractivity contribution in [2.75, 3.05) is 16.3 Å². The summed E-state index contributed by atoms with van der Waals surface area (Å²) < 4.78 is 0. The molecule has 1 aliphatic heterocycles. The summed E-state index contributed by atoms with van der Waals surface area (Å²) in [5, 5.41) is 11.8. The minimum absolute atomic E-state index is 0.155. The third-order valence-electron chi connectivity index (χ3n) is 4.51. The molecule has 1 fully saturated rings. The molecule has 4 rings (SSSR count). The highest BCUT2D eigenvalue weighted by atomic mass is 35.5. The summed E-state index contributed by atoms with van der Waals surface area (Å²) in [6, 6.07) is 13.5. The lowest BCUT2D eigenvalue weighted by molar-refractivity contribution is 0.255. The van der Waals surface area contributed by atoms with Crippen molar-refractivity contribution in [2.45, 2.75) is 6.04 Å². The van der Waals surface area contributed by atoms with E-state index in [1.54, 1.807) is 24.5 Å². The Balaban J connectivity index is 1.83. The second-order valence-corrected chi connectivity index (χ2v) is 6.47. The highest BCUT2D eigenvalue weighted by Crippen LogP contribution is 2.37. The van der Waals surface area contributed by atoms with Gasteiger partial charge < -0.3 is 4.90 Å². The standard InChI is InChI=1S/C20H12ClN5O/c1-23-17-8-14(21)6-7-18(17)25-12-15(9-22)26(20(25)27)19-11-24-10-13-4-2-3-5-16(13)19/h2-8,10-11,15H,12H2/t15-/m1/s1. The van der Waals surface area contributed by atoms with Crippen LogP contribution in [0.1, 0.15) is 0 Å². The maximum absolute atomic E-state index is 13.2. The van der Waals surface area contributed by atoms with Gasteiger partial charge in [0.2, 0.25) is 5.69 Å². The van der Waals surface area contributed by atoms with Gasteiger partial charge in [0, 0.05) is 22.0 Å². The lowest BCUT2D eigenvalue weighted by Gasteiger charge is -2.21. The molecular weight excluding hydrogens is 362 g/mol. The van der Waals surface area contributed by atoms with Gasteiger partial charge in [0.05, 0.1) is 36.8 Å².